The second kappa shape index (κ2) is 5.51. The van der Waals surface area contributed by atoms with Crippen molar-refractivity contribution in [3.8, 4) is 0 Å². The van der Waals surface area contributed by atoms with E-state index in [0.717, 1.165) is 16.6 Å². The zero-order chi connectivity index (χ0) is 14.8. The molecule has 0 radical (unpaired) electrons. The Bertz CT molecular complexity index is 798. The number of halogens is 1. The molecule has 7 heteroatoms. The molecule has 0 aliphatic carbocycles. The number of hydrogen-bond acceptors (Lipinski definition) is 4. The lowest BCUT2D eigenvalue weighted by molar-refractivity contribution is 0.0706. The predicted octanol–water partition coefficient (Wildman–Crippen LogP) is 2.25. The number of benzene rings is 2. The van der Waals surface area contributed by atoms with Crippen LogP contribution in [0.25, 0.3) is 11.0 Å². The lowest BCUT2D eigenvalue weighted by Gasteiger charge is -2.04. The quantitative estimate of drug-likeness (QED) is 0.574. The van der Waals surface area contributed by atoms with Crippen molar-refractivity contribution >= 4 is 28.5 Å². The zero-order valence-electron chi connectivity index (χ0n) is 10.8. The highest BCUT2D eigenvalue weighted by Gasteiger charge is 2.07. The van der Waals surface area contributed by atoms with Crippen LogP contribution in [-0.4, -0.2) is 26.1 Å². The van der Waals surface area contributed by atoms with Crippen molar-refractivity contribution < 1.29 is 10.0 Å². The summed E-state index contributed by atoms with van der Waals surface area (Å²) in [4.78, 5) is 11.2. The highest BCUT2D eigenvalue weighted by Crippen LogP contribution is 2.18. The fraction of sp³-hybridized carbons (Fsp3) is 0.0714. The third-order valence-electron chi connectivity index (χ3n) is 3.13. The minimum Gasteiger partial charge on any atom is -0.288 e. The second-order valence-corrected chi connectivity index (χ2v) is 4.95. The van der Waals surface area contributed by atoms with E-state index < -0.39 is 5.91 Å². The van der Waals surface area contributed by atoms with E-state index in [1.165, 1.54) is 0 Å². The van der Waals surface area contributed by atoms with Gasteiger partial charge in [-0.05, 0) is 35.9 Å². The van der Waals surface area contributed by atoms with Crippen LogP contribution in [0.5, 0.6) is 0 Å². The Morgan fingerprint density at radius 1 is 1.24 bits per heavy atom. The van der Waals surface area contributed by atoms with Crippen molar-refractivity contribution in [3.05, 3.63) is 58.6 Å². The number of rotatable bonds is 3. The highest BCUT2D eigenvalue weighted by molar-refractivity contribution is 6.31. The van der Waals surface area contributed by atoms with Gasteiger partial charge in [-0.3, -0.25) is 10.0 Å². The van der Waals surface area contributed by atoms with E-state index >= 15 is 0 Å². The molecular weight excluding hydrogens is 292 g/mol. The van der Waals surface area contributed by atoms with Gasteiger partial charge in [-0.1, -0.05) is 28.9 Å². The van der Waals surface area contributed by atoms with Crippen molar-refractivity contribution in [3.63, 3.8) is 0 Å². The first kappa shape index (κ1) is 13.5. The van der Waals surface area contributed by atoms with E-state index in [4.69, 9.17) is 16.8 Å². The van der Waals surface area contributed by atoms with Gasteiger partial charge in [0.15, 0.2) is 0 Å². The minimum absolute atomic E-state index is 0.386. The maximum absolute atomic E-state index is 11.2. The molecule has 0 saturated carbocycles. The number of amides is 1. The van der Waals surface area contributed by atoms with Crippen LogP contribution in [0.2, 0.25) is 5.02 Å². The van der Waals surface area contributed by atoms with Crippen LogP contribution in [0.15, 0.2) is 42.5 Å². The maximum Gasteiger partial charge on any atom is 0.274 e. The SMILES string of the molecule is O=C(NO)c1ccc(Cn2nnc3cc(Cl)ccc32)cc1. The van der Waals surface area contributed by atoms with Crippen LogP contribution >= 0.6 is 11.6 Å². The minimum atomic E-state index is -0.539. The molecule has 2 N–H and O–H groups in total. The van der Waals surface area contributed by atoms with Gasteiger partial charge in [0.2, 0.25) is 0 Å². The fourth-order valence-corrected chi connectivity index (χ4v) is 2.23. The van der Waals surface area contributed by atoms with Crippen LogP contribution < -0.4 is 5.48 Å². The van der Waals surface area contributed by atoms with Gasteiger partial charge in [0.25, 0.3) is 5.91 Å². The normalized spacial score (nSPS) is 10.8. The Morgan fingerprint density at radius 3 is 2.71 bits per heavy atom. The molecule has 2 aromatic carbocycles. The van der Waals surface area contributed by atoms with Crippen molar-refractivity contribution in [2.45, 2.75) is 6.54 Å². The Morgan fingerprint density at radius 2 is 2.00 bits per heavy atom. The third-order valence-corrected chi connectivity index (χ3v) is 3.36. The van der Waals surface area contributed by atoms with Crippen LogP contribution in [0, 0.1) is 0 Å². The largest absolute Gasteiger partial charge is 0.288 e. The third kappa shape index (κ3) is 2.72. The number of aromatic nitrogens is 3. The number of fused-ring (bicyclic) bond motifs is 1. The number of hydroxylamine groups is 1. The highest BCUT2D eigenvalue weighted by atomic mass is 35.5. The smallest absolute Gasteiger partial charge is 0.274 e. The number of nitrogens with zero attached hydrogens (tertiary/aromatic N) is 3. The van der Waals surface area contributed by atoms with Crippen LogP contribution in [-0.2, 0) is 6.54 Å². The molecular formula is C14H11ClN4O2. The van der Waals surface area contributed by atoms with Crippen molar-refractivity contribution in [1.82, 2.24) is 20.5 Å². The van der Waals surface area contributed by atoms with E-state index in [1.54, 1.807) is 46.6 Å². The Hall–Kier alpha value is -2.44. The van der Waals surface area contributed by atoms with Gasteiger partial charge in [-0.15, -0.1) is 5.10 Å². The summed E-state index contributed by atoms with van der Waals surface area (Å²) in [6, 6.07) is 12.3. The maximum atomic E-state index is 11.2. The average molecular weight is 303 g/mol. The van der Waals surface area contributed by atoms with E-state index in [9.17, 15) is 4.79 Å². The summed E-state index contributed by atoms with van der Waals surface area (Å²) in [5, 5.41) is 17.4. The van der Waals surface area contributed by atoms with Crippen LogP contribution in [0.1, 0.15) is 15.9 Å². The molecule has 1 aromatic heterocycles. The topological polar surface area (TPSA) is 80.0 Å². The Kier molecular flexibility index (Phi) is 3.55. The lowest BCUT2D eigenvalue weighted by atomic mass is 10.1. The molecule has 0 saturated heterocycles. The van der Waals surface area contributed by atoms with Crippen molar-refractivity contribution in [2.24, 2.45) is 0 Å². The first-order valence-electron chi connectivity index (χ1n) is 6.19. The van der Waals surface area contributed by atoms with Gasteiger partial charge in [0, 0.05) is 10.6 Å². The molecule has 0 aliphatic heterocycles. The molecule has 3 aromatic rings. The Balaban J connectivity index is 1.86. The zero-order valence-corrected chi connectivity index (χ0v) is 11.6. The molecule has 6 nitrogen and oxygen atoms in total. The molecule has 1 heterocycles. The van der Waals surface area contributed by atoms with E-state index in [1.807, 2.05) is 6.07 Å². The molecule has 1 amide bonds. The molecule has 106 valence electrons. The summed E-state index contributed by atoms with van der Waals surface area (Å²) < 4.78 is 1.76. The van der Waals surface area contributed by atoms with Gasteiger partial charge in [-0.25, -0.2) is 10.2 Å². The summed E-state index contributed by atoms with van der Waals surface area (Å²) in [6.07, 6.45) is 0. The first-order chi connectivity index (χ1) is 10.2. The standard InChI is InChI=1S/C14H11ClN4O2/c15-11-5-6-13-12(7-11)16-18-19(13)8-9-1-3-10(4-2-9)14(20)17-21/h1-7,21H,8H2,(H,17,20). The molecule has 0 unspecified atom stereocenters. The summed E-state index contributed by atoms with van der Waals surface area (Å²) in [5.41, 5.74) is 4.57. The molecule has 0 fully saturated rings. The molecule has 0 atom stereocenters. The van der Waals surface area contributed by atoms with Gasteiger partial charge in [-0.2, -0.15) is 0 Å². The molecule has 21 heavy (non-hydrogen) atoms. The summed E-state index contributed by atoms with van der Waals surface area (Å²) in [5.74, 6) is -0.539. The van der Waals surface area contributed by atoms with E-state index in [-0.39, 0.29) is 0 Å². The average Bonchev–Trinajstić information content (AvgIpc) is 2.89. The monoisotopic (exact) mass is 302 g/mol. The fourth-order valence-electron chi connectivity index (χ4n) is 2.06. The Labute approximate surface area is 124 Å². The first-order valence-corrected chi connectivity index (χ1v) is 6.57. The summed E-state index contributed by atoms with van der Waals surface area (Å²) in [7, 11) is 0. The molecule has 0 aliphatic rings. The number of nitrogens with one attached hydrogen (secondary N) is 1. The van der Waals surface area contributed by atoms with E-state index in [2.05, 4.69) is 10.3 Å². The predicted molar refractivity (Wildman–Crippen MR) is 77.3 cm³/mol. The van der Waals surface area contributed by atoms with Gasteiger partial charge < -0.3 is 0 Å². The van der Waals surface area contributed by atoms with Gasteiger partial charge in [0.1, 0.15) is 5.52 Å². The van der Waals surface area contributed by atoms with Crippen LogP contribution in [0.4, 0.5) is 0 Å². The van der Waals surface area contributed by atoms with Crippen molar-refractivity contribution in [1.29, 1.82) is 0 Å². The van der Waals surface area contributed by atoms with Gasteiger partial charge >= 0.3 is 0 Å². The van der Waals surface area contributed by atoms with Crippen LogP contribution in [0.3, 0.4) is 0 Å². The van der Waals surface area contributed by atoms with Crippen molar-refractivity contribution in [2.75, 3.05) is 0 Å². The molecule has 3 rings (SSSR count). The van der Waals surface area contributed by atoms with Gasteiger partial charge in [0.05, 0.1) is 12.1 Å². The summed E-state index contributed by atoms with van der Waals surface area (Å²) >= 11 is 5.91. The number of carbonyl (C=O) groups is 1. The molecule has 0 spiro atoms. The molecule has 0 bridgehead atoms. The summed E-state index contributed by atoms with van der Waals surface area (Å²) in [6.45, 7) is 0.527. The second-order valence-electron chi connectivity index (χ2n) is 4.52. The number of hydrogen-bond donors (Lipinski definition) is 2. The van der Waals surface area contributed by atoms with E-state index in [0.29, 0.717) is 17.1 Å². The lowest BCUT2D eigenvalue weighted by Crippen LogP contribution is -2.18. The number of carbonyl (C=O) groups excluding carboxylic acids is 1.